The van der Waals surface area contributed by atoms with E-state index in [1.54, 1.807) is 0 Å². The van der Waals surface area contributed by atoms with Crippen LogP contribution in [0.4, 0.5) is 0 Å². The van der Waals surface area contributed by atoms with Crippen LogP contribution in [-0.2, 0) is 0 Å². The van der Waals surface area contributed by atoms with Crippen molar-refractivity contribution >= 4 is 8.32 Å². The zero-order valence-electron chi connectivity index (χ0n) is 12.5. The van der Waals surface area contributed by atoms with Crippen molar-refractivity contribution in [2.45, 2.75) is 38.9 Å². The van der Waals surface area contributed by atoms with E-state index in [1.807, 2.05) is 24.5 Å². The highest BCUT2D eigenvalue weighted by molar-refractivity contribution is 6.74. The van der Waals surface area contributed by atoms with Gasteiger partial charge in [0.2, 0.25) is 8.32 Å². The van der Waals surface area contributed by atoms with Crippen LogP contribution in [0.3, 0.4) is 0 Å². The first kappa shape index (κ1) is 13.9. The average molecular weight is 273 g/mol. The molecule has 0 saturated heterocycles. The zero-order valence-corrected chi connectivity index (χ0v) is 13.5. The fourth-order valence-electron chi connectivity index (χ4n) is 1.64. The summed E-state index contributed by atoms with van der Waals surface area (Å²) >= 11 is 0. The zero-order chi connectivity index (χ0) is 14.1. The lowest BCUT2D eigenvalue weighted by molar-refractivity contribution is 0.492. The lowest BCUT2D eigenvalue weighted by atomic mass is 10.2. The van der Waals surface area contributed by atoms with Crippen molar-refractivity contribution in [1.82, 2.24) is 4.57 Å². The van der Waals surface area contributed by atoms with Gasteiger partial charge in [0.1, 0.15) is 5.75 Å². The Balaban J connectivity index is 2.16. The molecule has 0 radical (unpaired) electrons. The molecule has 0 aliphatic carbocycles. The molecule has 1 aromatic heterocycles. The molecule has 1 aromatic carbocycles. The Morgan fingerprint density at radius 1 is 0.947 bits per heavy atom. The number of benzene rings is 1. The van der Waals surface area contributed by atoms with Gasteiger partial charge in [-0.25, -0.2) is 0 Å². The molecule has 0 aliphatic rings. The van der Waals surface area contributed by atoms with E-state index in [0.29, 0.717) is 0 Å². The van der Waals surface area contributed by atoms with Crippen LogP contribution in [-0.4, -0.2) is 12.9 Å². The van der Waals surface area contributed by atoms with Gasteiger partial charge in [0.05, 0.1) is 0 Å². The molecule has 0 unspecified atom stereocenters. The predicted octanol–water partition coefficient (Wildman–Crippen LogP) is 4.86. The monoisotopic (exact) mass is 273 g/mol. The molecule has 19 heavy (non-hydrogen) atoms. The molecule has 2 rings (SSSR count). The highest BCUT2D eigenvalue weighted by atomic mass is 28.4. The molecule has 0 spiro atoms. The maximum absolute atomic E-state index is 6.27. The molecule has 0 N–H and O–H groups in total. The summed E-state index contributed by atoms with van der Waals surface area (Å²) in [6, 6.07) is 12.4. The molecular formula is C16H23NOSi. The van der Waals surface area contributed by atoms with Crippen LogP contribution in [0.15, 0.2) is 48.8 Å². The summed E-state index contributed by atoms with van der Waals surface area (Å²) in [5.74, 6) is 0.975. The number of hydrogen-bond donors (Lipinski definition) is 0. The second kappa shape index (κ2) is 4.89. The first-order valence-electron chi connectivity index (χ1n) is 6.72. The summed E-state index contributed by atoms with van der Waals surface area (Å²) < 4.78 is 8.36. The number of aromatic nitrogens is 1. The van der Waals surface area contributed by atoms with E-state index in [2.05, 4.69) is 62.7 Å². The molecule has 0 fully saturated rings. The van der Waals surface area contributed by atoms with Crippen molar-refractivity contribution in [2.24, 2.45) is 0 Å². The van der Waals surface area contributed by atoms with Crippen LogP contribution in [0.25, 0.3) is 5.69 Å². The molecule has 0 bridgehead atoms. The fraction of sp³-hybridized carbons (Fsp3) is 0.375. The Kier molecular flexibility index (Phi) is 3.59. The molecule has 0 aliphatic heterocycles. The van der Waals surface area contributed by atoms with Gasteiger partial charge in [-0.2, -0.15) is 0 Å². The molecule has 0 atom stereocenters. The minimum atomic E-state index is -1.74. The quantitative estimate of drug-likeness (QED) is 0.728. The SMILES string of the molecule is CC(C)(C)[Si](C)(C)Oc1ccc(-n2cccc2)cc1. The first-order valence-corrected chi connectivity index (χ1v) is 9.63. The minimum absolute atomic E-state index is 0.228. The summed E-state index contributed by atoms with van der Waals surface area (Å²) in [5.41, 5.74) is 1.16. The van der Waals surface area contributed by atoms with E-state index in [4.69, 9.17) is 4.43 Å². The highest BCUT2D eigenvalue weighted by Gasteiger charge is 2.38. The molecule has 3 heteroatoms. The third-order valence-corrected chi connectivity index (χ3v) is 8.28. The van der Waals surface area contributed by atoms with Crippen LogP contribution in [0.5, 0.6) is 5.75 Å². The molecule has 0 saturated carbocycles. The summed E-state index contributed by atoms with van der Waals surface area (Å²) in [7, 11) is -1.74. The second-order valence-corrected chi connectivity index (χ2v) is 11.2. The van der Waals surface area contributed by atoms with Crippen molar-refractivity contribution < 1.29 is 4.43 Å². The third-order valence-electron chi connectivity index (χ3n) is 3.92. The molecule has 1 heterocycles. The van der Waals surface area contributed by atoms with Gasteiger partial charge >= 0.3 is 0 Å². The Labute approximate surface area is 117 Å². The van der Waals surface area contributed by atoms with Gasteiger partial charge in [0.25, 0.3) is 0 Å². The first-order chi connectivity index (χ1) is 8.79. The van der Waals surface area contributed by atoms with Gasteiger partial charge in [0.15, 0.2) is 0 Å². The van der Waals surface area contributed by atoms with Crippen molar-refractivity contribution in [3.63, 3.8) is 0 Å². The summed E-state index contributed by atoms with van der Waals surface area (Å²) in [6.45, 7) is 11.3. The largest absolute Gasteiger partial charge is 0.544 e. The van der Waals surface area contributed by atoms with Gasteiger partial charge < -0.3 is 8.99 Å². The molecule has 2 aromatic rings. The van der Waals surface area contributed by atoms with Gasteiger partial charge in [-0.1, -0.05) is 20.8 Å². The lowest BCUT2D eigenvalue weighted by Crippen LogP contribution is -2.43. The Morgan fingerprint density at radius 2 is 1.47 bits per heavy atom. The van der Waals surface area contributed by atoms with E-state index >= 15 is 0 Å². The normalized spacial score (nSPS) is 12.5. The van der Waals surface area contributed by atoms with Crippen LogP contribution >= 0.6 is 0 Å². The summed E-state index contributed by atoms with van der Waals surface area (Å²) in [6.07, 6.45) is 4.09. The Hall–Kier alpha value is -1.48. The van der Waals surface area contributed by atoms with Gasteiger partial charge in [0, 0.05) is 18.1 Å². The lowest BCUT2D eigenvalue weighted by Gasteiger charge is -2.36. The molecular weight excluding hydrogens is 250 g/mol. The van der Waals surface area contributed by atoms with Crippen LogP contribution in [0.1, 0.15) is 20.8 Å². The predicted molar refractivity (Wildman–Crippen MR) is 83.6 cm³/mol. The van der Waals surface area contributed by atoms with E-state index < -0.39 is 8.32 Å². The molecule has 102 valence electrons. The Morgan fingerprint density at radius 3 is 1.95 bits per heavy atom. The average Bonchev–Trinajstić information content (AvgIpc) is 2.81. The highest BCUT2D eigenvalue weighted by Crippen LogP contribution is 2.37. The second-order valence-electron chi connectivity index (χ2n) is 6.45. The van der Waals surface area contributed by atoms with Gasteiger partial charge in [-0.3, -0.25) is 0 Å². The smallest absolute Gasteiger partial charge is 0.250 e. The van der Waals surface area contributed by atoms with Crippen molar-refractivity contribution in [1.29, 1.82) is 0 Å². The van der Waals surface area contributed by atoms with Crippen LogP contribution in [0.2, 0.25) is 18.1 Å². The van der Waals surface area contributed by atoms with Crippen molar-refractivity contribution in [2.75, 3.05) is 0 Å². The van der Waals surface area contributed by atoms with E-state index in [-0.39, 0.29) is 5.04 Å². The molecule has 0 amide bonds. The topological polar surface area (TPSA) is 14.2 Å². The standard InChI is InChI=1S/C16H23NOSi/c1-16(2,3)19(4,5)18-15-10-8-14(9-11-15)17-12-6-7-13-17/h6-13H,1-5H3. The van der Waals surface area contributed by atoms with Crippen molar-refractivity contribution in [3.8, 4) is 11.4 Å². The van der Waals surface area contributed by atoms with Crippen LogP contribution < -0.4 is 4.43 Å². The number of nitrogens with zero attached hydrogens (tertiary/aromatic N) is 1. The summed E-state index contributed by atoms with van der Waals surface area (Å²) in [5, 5.41) is 0.228. The van der Waals surface area contributed by atoms with E-state index in [0.717, 1.165) is 11.4 Å². The van der Waals surface area contributed by atoms with Crippen LogP contribution in [0, 0.1) is 0 Å². The van der Waals surface area contributed by atoms with E-state index in [1.165, 1.54) is 0 Å². The maximum Gasteiger partial charge on any atom is 0.250 e. The van der Waals surface area contributed by atoms with Gasteiger partial charge in [-0.05, 0) is 54.5 Å². The fourth-order valence-corrected chi connectivity index (χ4v) is 2.67. The van der Waals surface area contributed by atoms with Gasteiger partial charge in [-0.15, -0.1) is 0 Å². The summed E-state index contributed by atoms with van der Waals surface area (Å²) in [4.78, 5) is 0. The van der Waals surface area contributed by atoms with Crippen molar-refractivity contribution in [3.05, 3.63) is 48.8 Å². The number of hydrogen-bond acceptors (Lipinski definition) is 1. The molecule has 2 nitrogen and oxygen atoms in total. The third kappa shape index (κ3) is 3.10. The van der Waals surface area contributed by atoms with E-state index in [9.17, 15) is 0 Å². The Bertz CT molecular complexity index is 521. The minimum Gasteiger partial charge on any atom is -0.544 e. The maximum atomic E-state index is 6.27. The number of rotatable bonds is 3.